The zero-order chi connectivity index (χ0) is 23.3. The Morgan fingerprint density at radius 3 is 0.862 bits per heavy atom. The average Bonchev–Trinajstić information content (AvgIpc) is 3.16. The first kappa shape index (κ1) is 24.0. The van der Waals surface area contributed by atoms with Gasteiger partial charge in [-0.15, -0.1) is 0 Å². The van der Waals surface area contributed by atoms with Crippen LogP contribution in [-0.2, 0) is 18.9 Å². The second kappa shape index (κ2) is 5.49. The Kier molecular flexibility index (Phi) is 4.55. The van der Waals surface area contributed by atoms with Crippen LogP contribution >= 0.6 is 0 Å². The maximum absolute atomic E-state index is 13.1. The van der Waals surface area contributed by atoms with Crippen LogP contribution in [0.3, 0.4) is 0 Å². The third-order valence-corrected chi connectivity index (χ3v) is 3.20. The van der Waals surface area contributed by atoms with E-state index in [-0.39, 0.29) is 0 Å². The minimum Gasteiger partial charge on any atom is -0.263 e. The monoisotopic (exact) mass is 476 g/mol. The molecule has 2 heterocycles. The molecule has 2 rings (SSSR count). The van der Waals surface area contributed by atoms with Crippen molar-refractivity contribution in [2.45, 2.75) is 54.3 Å². The summed E-state index contributed by atoms with van der Waals surface area (Å²) in [5.74, 6) is -19.5. The lowest BCUT2D eigenvalue weighted by Gasteiger charge is -2.34. The molecule has 0 aromatic heterocycles. The third-order valence-electron chi connectivity index (χ3n) is 3.20. The van der Waals surface area contributed by atoms with Crippen molar-refractivity contribution >= 4 is 0 Å². The molecule has 2 fully saturated rings. The van der Waals surface area contributed by atoms with Crippen LogP contribution in [0.4, 0.5) is 70.2 Å². The van der Waals surface area contributed by atoms with Crippen molar-refractivity contribution in [3.05, 3.63) is 0 Å². The molecule has 2 saturated heterocycles. The fraction of sp³-hybridized carbons (Fsp3) is 1.00. The zero-order valence-corrected chi connectivity index (χ0v) is 12.2. The highest BCUT2D eigenvalue weighted by Gasteiger charge is 2.94. The van der Waals surface area contributed by atoms with Crippen LogP contribution in [0.5, 0.6) is 0 Å². The molecule has 0 aliphatic carbocycles. The largest absolute Gasteiger partial charge is 0.433 e. The van der Waals surface area contributed by atoms with Crippen LogP contribution in [0.1, 0.15) is 0 Å². The number of ether oxygens (including phenoxy) is 4. The molecular formula is C9F16O4. The van der Waals surface area contributed by atoms with E-state index in [1.165, 1.54) is 0 Å². The summed E-state index contributed by atoms with van der Waals surface area (Å²) in [6.45, 7) is 0. The molecule has 0 spiro atoms. The summed E-state index contributed by atoms with van der Waals surface area (Å²) in [5.41, 5.74) is 0. The van der Waals surface area contributed by atoms with Crippen molar-refractivity contribution in [2.24, 2.45) is 0 Å². The second-order valence-corrected chi connectivity index (χ2v) is 5.27. The molecule has 0 amide bonds. The van der Waals surface area contributed by atoms with Crippen LogP contribution in [-0.4, -0.2) is 54.3 Å². The Morgan fingerprint density at radius 2 is 0.690 bits per heavy atom. The summed E-state index contributed by atoms with van der Waals surface area (Å²) >= 11 is 0. The van der Waals surface area contributed by atoms with E-state index in [9.17, 15) is 70.2 Å². The van der Waals surface area contributed by atoms with Crippen LogP contribution in [0.25, 0.3) is 0 Å². The number of rotatable bonds is 8. The quantitative estimate of drug-likeness (QED) is 0.380. The molecule has 0 bridgehead atoms. The molecule has 4 nitrogen and oxygen atoms in total. The standard InChI is InChI=1S/C9F16O4/c10-1(11,4(14,15)28-8(22,23)2(12)6(18,19)26-2)5(16,17)29-9(24,25)3(13)7(20,21)27-3. The van der Waals surface area contributed by atoms with Gasteiger partial charge in [-0.3, -0.25) is 9.47 Å². The lowest BCUT2D eigenvalue weighted by atomic mass is 10.2. The highest BCUT2D eigenvalue weighted by Crippen LogP contribution is 2.64. The summed E-state index contributed by atoms with van der Waals surface area (Å²) in [7, 11) is 0. The van der Waals surface area contributed by atoms with Crippen LogP contribution in [0.15, 0.2) is 0 Å². The van der Waals surface area contributed by atoms with Gasteiger partial charge in [-0.2, -0.15) is 70.2 Å². The highest BCUT2D eigenvalue weighted by atomic mass is 19.4. The molecule has 2 atom stereocenters. The first-order chi connectivity index (χ1) is 12.3. The normalized spacial score (nSPS) is 32.3. The summed E-state index contributed by atoms with van der Waals surface area (Å²) in [6, 6.07) is 0. The molecule has 2 aliphatic rings. The second-order valence-electron chi connectivity index (χ2n) is 5.27. The lowest BCUT2D eigenvalue weighted by molar-refractivity contribution is -0.525. The van der Waals surface area contributed by atoms with Crippen LogP contribution in [0, 0.1) is 0 Å². The van der Waals surface area contributed by atoms with E-state index in [1.54, 1.807) is 9.47 Å². The zero-order valence-electron chi connectivity index (χ0n) is 12.2. The predicted molar refractivity (Wildman–Crippen MR) is 46.6 cm³/mol. The smallest absolute Gasteiger partial charge is 0.263 e. The van der Waals surface area contributed by atoms with E-state index in [0.29, 0.717) is 0 Å². The SMILES string of the molecule is FC(F)(OC(F)(F)C1(F)OC1(F)F)C(F)(F)C(F)(F)OC(F)(F)C1(F)OC1(F)F. The number of halogens is 16. The van der Waals surface area contributed by atoms with E-state index < -0.39 is 54.3 Å². The Hall–Kier alpha value is -1.28. The van der Waals surface area contributed by atoms with E-state index in [1.807, 2.05) is 0 Å². The van der Waals surface area contributed by atoms with Gasteiger partial charge >= 0.3 is 54.3 Å². The van der Waals surface area contributed by atoms with Gasteiger partial charge in [0.05, 0.1) is 0 Å². The van der Waals surface area contributed by atoms with Crippen molar-refractivity contribution in [1.82, 2.24) is 0 Å². The van der Waals surface area contributed by atoms with Gasteiger partial charge in [0.1, 0.15) is 0 Å². The van der Waals surface area contributed by atoms with E-state index in [2.05, 4.69) is 9.47 Å². The fourth-order valence-corrected chi connectivity index (χ4v) is 1.51. The first-order valence-corrected chi connectivity index (χ1v) is 6.16. The minimum atomic E-state index is -7.76. The molecule has 29 heavy (non-hydrogen) atoms. The maximum Gasteiger partial charge on any atom is 0.433 e. The number of hydrogen-bond acceptors (Lipinski definition) is 4. The van der Waals surface area contributed by atoms with E-state index >= 15 is 0 Å². The molecular weight excluding hydrogens is 476 g/mol. The molecule has 0 saturated carbocycles. The van der Waals surface area contributed by atoms with Gasteiger partial charge in [-0.25, -0.2) is 9.47 Å². The van der Waals surface area contributed by atoms with Gasteiger partial charge in [0, 0.05) is 0 Å². The molecule has 0 N–H and O–H groups in total. The Morgan fingerprint density at radius 1 is 0.483 bits per heavy atom. The van der Waals surface area contributed by atoms with Crippen molar-refractivity contribution in [1.29, 1.82) is 0 Å². The van der Waals surface area contributed by atoms with Crippen molar-refractivity contribution in [3.8, 4) is 0 Å². The van der Waals surface area contributed by atoms with Gasteiger partial charge in [0.25, 0.3) is 0 Å². The topological polar surface area (TPSA) is 43.5 Å². The molecule has 0 aromatic rings. The molecule has 20 heteroatoms. The van der Waals surface area contributed by atoms with Gasteiger partial charge in [-0.1, -0.05) is 0 Å². The van der Waals surface area contributed by atoms with E-state index in [4.69, 9.17) is 0 Å². The minimum absolute atomic E-state index is 1.62. The van der Waals surface area contributed by atoms with Gasteiger partial charge in [0.15, 0.2) is 0 Å². The summed E-state index contributed by atoms with van der Waals surface area (Å²) < 4.78 is 213. The molecule has 0 aromatic carbocycles. The Balaban J connectivity index is 2.27. The summed E-state index contributed by atoms with van der Waals surface area (Å²) in [4.78, 5) is 0. The van der Waals surface area contributed by atoms with Gasteiger partial charge in [-0.05, 0) is 0 Å². The van der Waals surface area contributed by atoms with Gasteiger partial charge < -0.3 is 0 Å². The Labute approximate surface area is 145 Å². The van der Waals surface area contributed by atoms with Crippen molar-refractivity contribution in [2.75, 3.05) is 0 Å². The molecule has 2 aliphatic heterocycles. The molecule has 172 valence electrons. The van der Waals surface area contributed by atoms with Crippen molar-refractivity contribution < 1.29 is 89.2 Å². The first-order valence-electron chi connectivity index (χ1n) is 6.16. The fourth-order valence-electron chi connectivity index (χ4n) is 1.51. The number of alkyl halides is 16. The predicted octanol–water partition coefficient (Wildman–Crippen LogP) is 4.60. The highest BCUT2D eigenvalue weighted by molar-refractivity contribution is 5.03. The van der Waals surface area contributed by atoms with E-state index in [0.717, 1.165) is 0 Å². The summed E-state index contributed by atoms with van der Waals surface area (Å²) in [6.07, 6.45) is -39.9. The van der Waals surface area contributed by atoms with Crippen LogP contribution in [0.2, 0.25) is 0 Å². The molecule has 2 unspecified atom stereocenters. The number of epoxide rings is 2. The maximum atomic E-state index is 13.1. The Bertz CT molecular complexity index is 636. The molecule has 0 radical (unpaired) electrons. The summed E-state index contributed by atoms with van der Waals surface area (Å²) in [5, 5.41) is 0. The average molecular weight is 476 g/mol. The van der Waals surface area contributed by atoms with Crippen LogP contribution < -0.4 is 0 Å². The number of hydrogen-bond donors (Lipinski definition) is 0. The van der Waals surface area contributed by atoms with Crippen molar-refractivity contribution in [3.63, 3.8) is 0 Å². The third kappa shape index (κ3) is 3.09. The lowest BCUT2D eigenvalue weighted by Crippen LogP contribution is -2.62. The van der Waals surface area contributed by atoms with Gasteiger partial charge in [0.2, 0.25) is 0 Å².